The number of amides is 2. The van der Waals surface area contributed by atoms with Gasteiger partial charge in [0.05, 0.1) is 0 Å². The molecule has 0 aliphatic carbocycles. The highest BCUT2D eigenvalue weighted by Gasteiger charge is 2.25. The number of nitrogens with zero attached hydrogens (tertiary/aromatic N) is 2. The van der Waals surface area contributed by atoms with Crippen molar-refractivity contribution in [2.45, 2.75) is 19.5 Å². The minimum atomic E-state index is -0.553. The number of piperazine rings is 1. The number of hydrogen-bond donors (Lipinski definition) is 1. The molecule has 2 aromatic rings. The fourth-order valence-electron chi connectivity index (χ4n) is 3.35. The molecule has 1 atom stereocenters. The van der Waals surface area contributed by atoms with Crippen molar-refractivity contribution >= 4 is 29.5 Å². The summed E-state index contributed by atoms with van der Waals surface area (Å²) < 4.78 is 0. The second-order valence-electron chi connectivity index (χ2n) is 7.21. The van der Waals surface area contributed by atoms with Crippen LogP contribution in [0.5, 0.6) is 0 Å². The second kappa shape index (κ2) is 10.2. The fraction of sp³-hybridized carbons (Fsp3) is 0.304. The van der Waals surface area contributed by atoms with Gasteiger partial charge in [-0.2, -0.15) is 0 Å². The molecule has 152 valence electrons. The minimum absolute atomic E-state index is 0.0473. The van der Waals surface area contributed by atoms with Gasteiger partial charge < -0.3 is 10.2 Å². The van der Waals surface area contributed by atoms with E-state index in [0.717, 1.165) is 30.2 Å². The molecule has 3 rings (SSSR count). The molecule has 1 fully saturated rings. The lowest BCUT2D eigenvalue weighted by Gasteiger charge is -2.36. The van der Waals surface area contributed by atoms with Gasteiger partial charge in [0, 0.05) is 43.8 Å². The zero-order valence-electron chi connectivity index (χ0n) is 16.6. The Morgan fingerprint density at radius 1 is 1.07 bits per heavy atom. The van der Waals surface area contributed by atoms with Crippen LogP contribution in [0.25, 0.3) is 6.08 Å². The highest BCUT2D eigenvalue weighted by atomic mass is 35.5. The van der Waals surface area contributed by atoms with E-state index in [9.17, 15) is 9.59 Å². The standard InChI is InChI=1S/C23H26ClN3O2/c1-18(25-22(28)11-10-19-6-3-2-4-7-19)23(29)27-14-12-26(13-15-27)17-20-8-5-9-21(24)16-20/h2-11,16,18H,12-15,17H2,1H3,(H,25,28)/b11-10+. The normalized spacial score (nSPS) is 16.0. The second-order valence-corrected chi connectivity index (χ2v) is 7.64. The first-order valence-electron chi connectivity index (χ1n) is 9.80. The van der Waals surface area contributed by atoms with Gasteiger partial charge in [-0.25, -0.2) is 0 Å². The van der Waals surface area contributed by atoms with Crippen LogP contribution in [0.15, 0.2) is 60.7 Å². The number of carbonyl (C=O) groups excluding carboxylic acids is 2. The van der Waals surface area contributed by atoms with Crippen LogP contribution < -0.4 is 5.32 Å². The van der Waals surface area contributed by atoms with E-state index in [1.165, 1.54) is 11.6 Å². The smallest absolute Gasteiger partial charge is 0.244 e. The van der Waals surface area contributed by atoms with Gasteiger partial charge in [-0.1, -0.05) is 54.1 Å². The Balaban J connectivity index is 1.44. The Bertz CT molecular complexity index is 861. The monoisotopic (exact) mass is 411 g/mol. The van der Waals surface area contributed by atoms with Crippen molar-refractivity contribution in [1.29, 1.82) is 0 Å². The SMILES string of the molecule is CC(NC(=O)/C=C/c1ccccc1)C(=O)N1CCN(Cc2cccc(Cl)c2)CC1. The molecule has 2 amide bonds. The summed E-state index contributed by atoms with van der Waals surface area (Å²) in [5.41, 5.74) is 2.11. The summed E-state index contributed by atoms with van der Waals surface area (Å²) in [6, 6.07) is 16.9. The Labute approximate surface area is 177 Å². The van der Waals surface area contributed by atoms with Gasteiger partial charge in [-0.05, 0) is 36.3 Å². The maximum atomic E-state index is 12.7. The summed E-state index contributed by atoms with van der Waals surface area (Å²) in [5, 5.41) is 3.50. The van der Waals surface area contributed by atoms with Crippen molar-refractivity contribution in [3.05, 3.63) is 76.8 Å². The Kier molecular flexibility index (Phi) is 7.44. The first-order valence-corrected chi connectivity index (χ1v) is 10.2. The number of carbonyl (C=O) groups is 2. The molecular formula is C23H26ClN3O2. The van der Waals surface area contributed by atoms with Crippen molar-refractivity contribution in [2.24, 2.45) is 0 Å². The number of benzene rings is 2. The zero-order valence-corrected chi connectivity index (χ0v) is 17.3. The predicted octanol–water partition coefficient (Wildman–Crippen LogP) is 3.20. The molecule has 0 aromatic heterocycles. The topological polar surface area (TPSA) is 52.7 Å². The van der Waals surface area contributed by atoms with Gasteiger partial charge in [0.15, 0.2) is 0 Å². The van der Waals surface area contributed by atoms with Crippen molar-refractivity contribution in [2.75, 3.05) is 26.2 Å². The molecule has 0 radical (unpaired) electrons. The van der Waals surface area contributed by atoms with Crippen LogP contribution in [-0.4, -0.2) is 53.8 Å². The molecule has 1 N–H and O–H groups in total. The maximum Gasteiger partial charge on any atom is 0.244 e. The van der Waals surface area contributed by atoms with E-state index in [2.05, 4.69) is 16.3 Å². The van der Waals surface area contributed by atoms with Gasteiger partial charge >= 0.3 is 0 Å². The largest absolute Gasteiger partial charge is 0.341 e. The molecule has 1 aliphatic rings. The lowest BCUT2D eigenvalue weighted by atomic mass is 10.2. The highest BCUT2D eigenvalue weighted by molar-refractivity contribution is 6.30. The number of hydrogen-bond acceptors (Lipinski definition) is 3. The quantitative estimate of drug-likeness (QED) is 0.742. The Hall–Kier alpha value is -2.63. The summed E-state index contributed by atoms with van der Waals surface area (Å²) in [4.78, 5) is 28.9. The summed E-state index contributed by atoms with van der Waals surface area (Å²) >= 11 is 6.05. The van der Waals surface area contributed by atoms with Crippen LogP contribution in [0, 0.1) is 0 Å². The fourth-order valence-corrected chi connectivity index (χ4v) is 3.57. The molecule has 1 unspecified atom stereocenters. The minimum Gasteiger partial charge on any atom is -0.341 e. The first-order chi connectivity index (χ1) is 14.0. The lowest BCUT2D eigenvalue weighted by molar-refractivity contribution is -0.136. The van der Waals surface area contributed by atoms with Gasteiger partial charge in [0.2, 0.25) is 11.8 Å². The zero-order chi connectivity index (χ0) is 20.6. The summed E-state index contributed by atoms with van der Waals surface area (Å²) in [6.07, 6.45) is 3.20. The van der Waals surface area contributed by atoms with Crippen LogP contribution >= 0.6 is 11.6 Å². The molecule has 0 bridgehead atoms. The van der Waals surface area contributed by atoms with E-state index in [4.69, 9.17) is 11.6 Å². The molecule has 0 saturated carbocycles. The van der Waals surface area contributed by atoms with Crippen molar-refractivity contribution in [1.82, 2.24) is 15.1 Å². The van der Waals surface area contributed by atoms with Gasteiger partial charge in [-0.15, -0.1) is 0 Å². The lowest BCUT2D eigenvalue weighted by Crippen LogP contribution is -2.53. The average Bonchev–Trinajstić information content (AvgIpc) is 2.73. The number of halogens is 1. The van der Waals surface area contributed by atoms with E-state index in [1.54, 1.807) is 13.0 Å². The molecule has 5 nitrogen and oxygen atoms in total. The molecule has 0 spiro atoms. The third kappa shape index (κ3) is 6.44. The molecule has 2 aromatic carbocycles. The van der Waals surface area contributed by atoms with Crippen LogP contribution in [-0.2, 0) is 16.1 Å². The highest BCUT2D eigenvalue weighted by Crippen LogP contribution is 2.14. The van der Waals surface area contributed by atoms with E-state index in [1.807, 2.05) is 53.4 Å². The number of rotatable bonds is 6. The van der Waals surface area contributed by atoms with Crippen molar-refractivity contribution < 1.29 is 9.59 Å². The van der Waals surface area contributed by atoms with E-state index in [0.29, 0.717) is 13.1 Å². The summed E-state index contributed by atoms with van der Waals surface area (Å²) in [7, 11) is 0. The van der Waals surface area contributed by atoms with Crippen LogP contribution in [0.2, 0.25) is 5.02 Å². The first kappa shape index (κ1) is 21.1. The van der Waals surface area contributed by atoms with Crippen LogP contribution in [0.3, 0.4) is 0 Å². The summed E-state index contributed by atoms with van der Waals surface area (Å²) in [5.74, 6) is -0.317. The van der Waals surface area contributed by atoms with Crippen molar-refractivity contribution in [3.8, 4) is 0 Å². The van der Waals surface area contributed by atoms with Gasteiger partial charge in [-0.3, -0.25) is 14.5 Å². The van der Waals surface area contributed by atoms with Crippen molar-refractivity contribution in [3.63, 3.8) is 0 Å². The van der Waals surface area contributed by atoms with Gasteiger partial charge in [0.25, 0.3) is 0 Å². The molecular weight excluding hydrogens is 386 g/mol. The van der Waals surface area contributed by atoms with Crippen LogP contribution in [0.4, 0.5) is 0 Å². The van der Waals surface area contributed by atoms with E-state index < -0.39 is 6.04 Å². The molecule has 1 aliphatic heterocycles. The molecule has 6 heteroatoms. The third-order valence-electron chi connectivity index (χ3n) is 4.94. The Morgan fingerprint density at radius 2 is 1.79 bits per heavy atom. The summed E-state index contributed by atoms with van der Waals surface area (Å²) in [6.45, 7) is 5.45. The maximum absolute atomic E-state index is 12.7. The molecule has 1 heterocycles. The van der Waals surface area contributed by atoms with Gasteiger partial charge in [0.1, 0.15) is 6.04 Å². The number of nitrogens with one attached hydrogen (secondary N) is 1. The van der Waals surface area contributed by atoms with E-state index >= 15 is 0 Å². The molecule has 1 saturated heterocycles. The van der Waals surface area contributed by atoms with Crippen LogP contribution in [0.1, 0.15) is 18.1 Å². The average molecular weight is 412 g/mol. The third-order valence-corrected chi connectivity index (χ3v) is 5.17. The molecule has 29 heavy (non-hydrogen) atoms. The van der Waals surface area contributed by atoms with E-state index in [-0.39, 0.29) is 11.8 Å². The Morgan fingerprint density at radius 3 is 2.48 bits per heavy atom. The predicted molar refractivity (Wildman–Crippen MR) is 116 cm³/mol.